The van der Waals surface area contributed by atoms with Crippen molar-refractivity contribution in [2.45, 2.75) is 32.6 Å². The second-order valence-corrected chi connectivity index (χ2v) is 4.41. The van der Waals surface area contributed by atoms with Gasteiger partial charge in [-0.1, -0.05) is 13.3 Å². The molecule has 0 aliphatic heterocycles. The van der Waals surface area contributed by atoms with Crippen molar-refractivity contribution in [2.75, 3.05) is 17.6 Å². The molecular formula is C11H18N4. The van der Waals surface area contributed by atoms with Gasteiger partial charge in [0, 0.05) is 12.7 Å². The lowest BCUT2D eigenvalue weighted by atomic mass is 10.0. The standard InChI is InChI=1S/C11H18N4/c1-2-4-11(5-6-11)8-14-10-13-7-3-9(12)15-10/h3,7H,2,4-6,8H2,1H3,(H3,12,13,14,15). The average Bonchev–Trinajstić information content (AvgIpc) is 2.97. The number of hydrogen-bond donors (Lipinski definition) is 2. The van der Waals surface area contributed by atoms with Crippen molar-refractivity contribution in [1.82, 2.24) is 9.97 Å². The molecule has 0 bridgehead atoms. The van der Waals surface area contributed by atoms with Crippen LogP contribution in [0.3, 0.4) is 0 Å². The van der Waals surface area contributed by atoms with Crippen LogP contribution in [-0.2, 0) is 0 Å². The number of nitrogen functional groups attached to an aromatic ring is 1. The summed E-state index contributed by atoms with van der Waals surface area (Å²) in [6.07, 6.45) is 6.89. The third kappa shape index (κ3) is 2.58. The highest BCUT2D eigenvalue weighted by atomic mass is 15.1. The van der Waals surface area contributed by atoms with E-state index in [0.29, 0.717) is 17.2 Å². The first-order valence-corrected chi connectivity index (χ1v) is 5.56. The van der Waals surface area contributed by atoms with E-state index in [0.717, 1.165) is 6.54 Å². The highest BCUT2D eigenvalue weighted by Crippen LogP contribution is 2.49. The van der Waals surface area contributed by atoms with Crippen LogP contribution in [0.25, 0.3) is 0 Å². The Morgan fingerprint density at radius 3 is 2.93 bits per heavy atom. The van der Waals surface area contributed by atoms with Crippen molar-refractivity contribution in [3.05, 3.63) is 12.3 Å². The zero-order valence-electron chi connectivity index (χ0n) is 9.16. The Morgan fingerprint density at radius 2 is 2.33 bits per heavy atom. The lowest BCUT2D eigenvalue weighted by molar-refractivity contribution is 0.484. The fourth-order valence-electron chi connectivity index (χ4n) is 1.95. The summed E-state index contributed by atoms with van der Waals surface area (Å²) in [6.45, 7) is 3.21. The van der Waals surface area contributed by atoms with Crippen LogP contribution in [0, 0.1) is 5.41 Å². The Hall–Kier alpha value is -1.32. The van der Waals surface area contributed by atoms with Gasteiger partial charge in [-0.2, -0.15) is 4.98 Å². The maximum Gasteiger partial charge on any atom is 0.224 e. The first kappa shape index (κ1) is 10.2. The normalized spacial score (nSPS) is 17.4. The number of anilines is 2. The van der Waals surface area contributed by atoms with Gasteiger partial charge in [0.15, 0.2) is 0 Å². The van der Waals surface area contributed by atoms with Crippen LogP contribution in [0.5, 0.6) is 0 Å². The quantitative estimate of drug-likeness (QED) is 0.774. The molecule has 4 nitrogen and oxygen atoms in total. The highest BCUT2D eigenvalue weighted by Gasteiger charge is 2.41. The second kappa shape index (κ2) is 4.04. The molecule has 82 valence electrons. The monoisotopic (exact) mass is 206 g/mol. The number of nitrogens with one attached hydrogen (secondary N) is 1. The molecule has 2 rings (SSSR count). The predicted molar refractivity (Wildman–Crippen MR) is 61.5 cm³/mol. The molecule has 0 saturated heterocycles. The minimum atomic E-state index is 0.517. The van der Waals surface area contributed by atoms with Crippen LogP contribution in [0.4, 0.5) is 11.8 Å². The predicted octanol–water partition coefficient (Wildman–Crippen LogP) is 2.05. The summed E-state index contributed by atoms with van der Waals surface area (Å²) in [5.74, 6) is 1.17. The molecule has 1 fully saturated rings. The van der Waals surface area contributed by atoms with Gasteiger partial charge in [0.05, 0.1) is 0 Å². The van der Waals surface area contributed by atoms with Gasteiger partial charge in [0.1, 0.15) is 5.82 Å². The largest absolute Gasteiger partial charge is 0.384 e. The zero-order chi connectivity index (χ0) is 10.7. The Balaban J connectivity index is 1.88. The minimum Gasteiger partial charge on any atom is -0.384 e. The summed E-state index contributed by atoms with van der Waals surface area (Å²) >= 11 is 0. The van der Waals surface area contributed by atoms with Gasteiger partial charge >= 0.3 is 0 Å². The zero-order valence-corrected chi connectivity index (χ0v) is 9.16. The molecular weight excluding hydrogens is 188 g/mol. The fourth-order valence-corrected chi connectivity index (χ4v) is 1.95. The number of rotatable bonds is 5. The molecule has 0 amide bonds. The molecule has 0 atom stereocenters. The molecule has 0 spiro atoms. The molecule has 15 heavy (non-hydrogen) atoms. The van der Waals surface area contributed by atoms with E-state index in [1.165, 1.54) is 25.7 Å². The molecule has 3 N–H and O–H groups in total. The SMILES string of the molecule is CCCC1(CNc2nccc(N)n2)CC1. The maximum absolute atomic E-state index is 5.58. The first-order chi connectivity index (χ1) is 7.24. The smallest absolute Gasteiger partial charge is 0.224 e. The minimum absolute atomic E-state index is 0.517. The van der Waals surface area contributed by atoms with Crippen molar-refractivity contribution in [3.63, 3.8) is 0 Å². The van der Waals surface area contributed by atoms with E-state index in [9.17, 15) is 0 Å². The molecule has 1 aliphatic rings. The van der Waals surface area contributed by atoms with Crippen LogP contribution in [0.1, 0.15) is 32.6 Å². The van der Waals surface area contributed by atoms with E-state index >= 15 is 0 Å². The van der Waals surface area contributed by atoms with Gasteiger partial charge < -0.3 is 11.1 Å². The maximum atomic E-state index is 5.58. The summed E-state index contributed by atoms with van der Waals surface area (Å²) in [5.41, 5.74) is 6.10. The van der Waals surface area contributed by atoms with Gasteiger partial charge in [-0.15, -0.1) is 0 Å². The van der Waals surface area contributed by atoms with E-state index in [1.807, 2.05) is 0 Å². The van der Waals surface area contributed by atoms with Crippen LogP contribution in [-0.4, -0.2) is 16.5 Å². The molecule has 1 aliphatic carbocycles. The average molecular weight is 206 g/mol. The molecule has 0 aromatic carbocycles. The van der Waals surface area contributed by atoms with Gasteiger partial charge in [-0.3, -0.25) is 0 Å². The van der Waals surface area contributed by atoms with Crippen LogP contribution >= 0.6 is 0 Å². The van der Waals surface area contributed by atoms with Crippen molar-refractivity contribution < 1.29 is 0 Å². The Labute approximate surface area is 90.3 Å². The Morgan fingerprint density at radius 1 is 1.53 bits per heavy atom. The van der Waals surface area contributed by atoms with Gasteiger partial charge in [0.2, 0.25) is 5.95 Å². The fraction of sp³-hybridized carbons (Fsp3) is 0.636. The summed E-state index contributed by atoms with van der Waals surface area (Å²) in [5, 5.41) is 3.27. The molecule has 1 heterocycles. The van der Waals surface area contributed by atoms with Gasteiger partial charge in [-0.25, -0.2) is 4.98 Å². The van der Waals surface area contributed by atoms with E-state index < -0.39 is 0 Å². The molecule has 0 radical (unpaired) electrons. The van der Waals surface area contributed by atoms with Crippen LogP contribution in [0.2, 0.25) is 0 Å². The van der Waals surface area contributed by atoms with Gasteiger partial charge in [0.25, 0.3) is 0 Å². The van der Waals surface area contributed by atoms with E-state index in [1.54, 1.807) is 12.3 Å². The summed E-state index contributed by atoms with van der Waals surface area (Å²) in [4.78, 5) is 8.25. The Kier molecular flexibility index (Phi) is 2.75. The number of hydrogen-bond acceptors (Lipinski definition) is 4. The highest BCUT2D eigenvalue weighted by molar-refractivity contribution is 5.35. The molecule has 4 heteroatoms. The lowest BCUT2D eigenvalue weighted by Gasteiger charge is -2.14. The second-order valence-electron chi connectivity index (χ2n) is 4.41. The van der Waals surface area contributed by atoms with Crippen LogP contribution in [0.15, 0.2) is 12.3 Å². The van der Waals surface area contributed by atoms with Crippen molar-refractivity contribution >= 4 is 11.8 Å². The van der Waals surface area contributed by atoms with Crippen molar-refractivity contribution in [2.24, 2.45) is 5.41 Å². The molecule has 1 aromatic rings. The first-order valence-electron chi connectivity index (χ1n) is 5.56. The van der Waals surface area contributed by atoms with E-state index in [4.69, 9.17) is 5.73 Å². The number of nitrogens with two attached hydrogens (primary N) is 1. The van der Waals surface area contributed by atoms with Crippen molar-refractivity contribution in [3.8, 4) is 0 Å². The number of nitrogens with zero attached hydrogens (tertiary/aromatic N) is 2. The van der Waals surface area contributed by atoms with E-state index in [2.05, 4.69) is 22.2 Å². The Bertz CT molecular complexity index is 333. The van der Waals surface area contributed by atoms with Gasteiger partial charge in [-0.05, 0) is 30.7 Å². The lowest BCUT2D eigenvalue weighted by Crippen LogP contribution is -2.16. The van der Waals surface area contributed by atoms with Crippen molar-refractivity contribution in [1.29, 1.82) is 0 Å². The summed E-state index contributed by atoms with van der Waals surface area (Å²) < 4.78 is 0. The third-order valence-corrected chi connectivity index (χ3v) is 3.04. The van der Waals surface area contributed by atoms with Crippen LogP contribution < -0.4 is 11.1 Å². The number of aromatic nitrogens is 2. The topological polar surface area (TPSA) is 63.8 Å². The summed E-state index contributed by atoms with van der Waals surface area (Å²) in [7, 11) is 0. The molecule has 0 unspecified atom stereocenters. The third-order valence-electron chi connectivity index (χ3n) is 3.04. The molecule has 1 saturated carbocycles. The van der Waals surface area contributed by atoms with E-state index in [-0.39, 0.29) is 0 Å². The molecule has 1 aromatic heterocycles. The summed E-state index contributed by atoms with van der Waals surface area (Å²) in [6, 6.07) is 1.70.